The number of ether oxygens (including phenoxy) is 2. The average Bonchev–Trinajstić information content (AvgIpc) is 3.41. The van der Waals surface area contributed by atoms with Gasteiger partial charge in [-0.25, -0.2) is 9.78 Å². The number of cyclic esters (lactones) is 1. The number of imide groups is 1. The van der Waals surface area contributed by atoms with Crippen molar-refractivity contribution in [3.8, 4) is 11.4 Å². The summed E-state index contributed by atoms with van der Waals surface area (Å²) in [7, 11) is 0. The van der Waals surface area contributed by atoms with E-state index in [-0.39, 0.29) is 42.7 Å². The van der Waals surface area contributed by atoms with E-state index >= 15 is 0 Å². The van der Waals surface area contributed by atoms with E-state index in [1.165, 1.54) is 0 Å². The van der Waals surface area contributed by atoms with E-state index in [4.69, 9.17) is 14.5 Å². The standard InChI is InChI=1S/C27H21N3O7/c1-2-27(37-23(33)9-10-29-21(31)7-8-22(29)32)18-12-20-24-16(11-15-5-3-4-6-19(15)28-24)13-30(20)25(34)17(18)14-36-26(27)35/h3-8,11-12H,2,9-10,13-14H2,1H3/t27-/m0/s1. The predicted octanol–water partition coefficient (Wildman–Crippen LogP) is 1.95. The fraction of sp³-hybridized carbons (Fsp3) is 0.259. The number of pyridine rings is 2. The smallest absolute Gasteiger partial charge is 0.355 e. The Kier molecular flexibility index (Phi) is 5.08. The van der Waals surface area contributed by atoms with Crippen LogP contribution in [0.3, 0.4) is 0 Å². The van der Waals surface area contributed by atoms with E-state index < -0.39 is 29.4 Å². The zero-order valence-corrected chi connectivity index (χ0v) is 19.9. The number of benzene rings is 1. The van der Waals surface area contributed by atoms with E-state index in [0.29, 0.717) is 17.9 Å². The average molecular weight is 499 g/mol. The van der Waals surface area contributed by atoms with Crippen LogP contribution in [0.4, 0.5) is 0 Å². The van der Waals surface area contributed by atoms with Gasteiger partial charge >= 0.3 is 11.9 Å². The third-order valence-electron chi connectivity index (χ3n) is 7.11. The molecule has 0 aliphatic carbocycles. The molecule has 0 saturated carbocycles. The Balaban J connectivity index is 1.39. The Morgan fingerprint density at radius 2 is 1.86 bits per heavy atom. The summed E-state index contributed by atoms with van der Waals surface area (Å²) in [5.41, 5.74) is 1.15. The first-order chi connectivity index (χ1) is 17.8. The molecular formula is C27H21N3O7. The van der Waals surface area contributed by atoms with E-state index in [2.05, 4.69) is 0 Å². The second-order valence-electron chi connectivity index (χ2n) is 9.14. The molecule has 1 aromatic carbocycles. The number of nitrogens with zero attached hydrogens (tertiary/aromatic N) is 3. The zero-order valence-electron chi connectivity index (χ0n) is 19.9. The molecule has 3 aliphatic heterocycles. The van der Waals surface area contributed by atoms with Gasteiger partial charge in [-0.05, 0) is 24.6 Å². The third-order valence-corrected chi connectivity index (χ3v) is 7.11. The first-order valence-corrected chi connectivity index (χ1v) is 11.9. The zero-order chi connectivity index (χ0) is 25.9. The van der Waals surface area contributed by atoms with Gasteiger partial charge in [0.15, 0.2) is 0 Å². The Hall–Kier alpha value is -4.60. The molecule has 10 heteroatoms. The molecule has 0 bridgehead atoms. The van der Waals surface area contributed by atoms with Gasteiger partial charge in [0.05, 0.1) is 35.4 Å². The van der Waals surface area contributed by atoms with Crippen LogP contribution in [0, 0.1) is 0 Å². The highest BCUT2D eigenvalue weighted by Crippen LogP contribution is 2.41. The third kappa shape index (κ3) is 3.40. The molecule has 0 radical (unpaired) electrons. The van der Waals surface area contributed by atoms with Crippen molar-refractivity contribution in [2.24, 2.45) is 0 Å². The summed E-state index contributed by atoms with van der Waals surface area (Å²) in [6, 6.07) is 11.3. The van der Waals surface area contributed by atoms with Crippen molar-refractivity contribution in [3.63, 3.8) is 0 Å². The van der Waals surface area contributed by atoms with Crippen LogP contribution in [-0.4, -0.2) is 44.7 Å². The van der Waals surface area contributed by atoms with Crippen LogP contribution in [0.1, 0.15) is 36.5 Å². The Labute approximate surface area is 210 Å². The summed E-state index contributed by atoms with van der Waals surface area (Å²) in [4.78, 5) is 68.8. The normalized spacial score (nSPS) is 19.6. The van der Waals surface area contributed by atoms with Gasteiger partial charge in [0.1, 0.15) is 6.61 Å². The minimum Gasteiger partial charge on any atom is -0.457 e. The molecule has 0 unspecified atom stereocenters. The Morgan fingerprint density at radius 1 is 1.11 bits per heavy atom. The maximum absolute atomic E-state index is 13.6. The van der Waals surface area contributed by atoms with Crippen LogP contribution in [0.15, 0.2) is 53.3 Å². The van der Waals surface area contributed by atoms with Crippen molar-refractivity contribution in [2.75, 3.05) is 6.54 Å². The highest BCUT2D eigenvalue weighted by molar-refractivity contribution is 6.13. The van der Waals surface area contributed by atoms with Crippen molar-refractivity contribution in [3.05, 3.63) is 75.6 Å². The number of para-hydroxylation sites is 1. The van der Waals surface area contributed by atoms with Gasteiger partial charge in [-0.1, -0.05) is 25.1 Å². The van der Waals surface area contributed by atoms with Crippen LogP contribution < -0.4 is 5.56 Å². The van der Waals surface area contributed by atoms with Gasteiger partial charge in [-0.15, -0.1) is 0 Å². The molecule has 0 fully saturated rings. The second-order valence-corrected chi connectivity index (χ2v) is 9.14. The van der Waals surface area contributed by atoms with Crippen LogP contribution in [0.25, 0.3) is 22.3 Å². The molecule has 2 amide bonds. The number of rotatable bonds is 5. The quantitative estimate of drug-likeness (QED) is 0.301. The number of carbonyl (C=O) groups excluding carboxylic acids is 4. The molecule has 3 aromatic rings. The van der Waals surface area contributed by atoms with Gasteiger partial charge < -0.3 is 14.0 Å². The number of carbonyl (C=O) groups is 4. The van der Waals surface area contributed by atoms with Gasteiger partial charge in [0.25, 0.3) is 17.4 Å². The first-order valence-electron chi connectivity index (χ1n) is 11.9. The molecule has 3 aliphatic rings. The predicted molar refractivity (Wildman–Crippen MR) is 129 cm³/mol. The van der Waals surface area contributed by atoms with Crippen LogP contribution in [0.2, 0.25) is 0 Å². The van der Waals surface area contributed by atoms with Gasteiger partial charge in [0.2, 0.25) is 5.60 Å². The highest BCUT2D eigenvalue weighted by atomic mass is 16.6. The second kappa shape index (κ2) is 8.22. The van der Waals surface area contributed by atoms with E-state index in [1.54, 1.807) is 17.6 Å². The monoisotopic (exact) mass is 499 g/mol. The molecule has 10 nitrogen and oxygen atoms in total. The molecule has 1 atom stereocenters. The Bertz CT molecular complexity index is 1620. The largest absolute Gasteiger partial charge is 0.457 e. The minimum absolute atomic E-state index is 0.0224. The molecule has 0 saturated heterocycles. The number of esters is 2. The molecule has 6 rings (SSSR count). The fourth-order valence-corrected chi connectivity index (χ4v) is 5.18. The lowest BCUT2D eigenvalue weighted by atomic mass is 9.85. The number of hydrogen-bond donors (Lipinski definition) is 0. The molecule has 5 heterocycles. The number of hydrogen-bond acceptors (Lipinski definition) is 8. The van der Waals surface area contributed by atoms with Crippen molar-refractivity contribution in [2.45, 2.75) is 38.5 Å². The summed E-state index contributed by atoms with van der Waals surface area (Å²) in [6.45, 7) is 1.56. The van der Waals surface area contributed by atoms with Gasteiger partial charge in [-0.3, -0.25) is 24.1 Å². The van der Waals surface area contributed by atoms with Crippen LogP contribution >= 0.6 is 0 Å². The highest BCUT2D eigenvalue weighted by Gasteiger charge is 2.50. The summed E-state index contributed by atoms with van der Waals surface area (Å²) in [5.74, 6) is -2.62. The topological polar surface area (TPSA) is 125 Å². The first kappa shape index (κ1) is 22.8. The number of fused-ring (bicyclic) bond motifs is 5. The lowest BCUT2D eigenvalue weighted by Crippen LogP contribution is -2.47. The van der Waals surface area contributed by atoms with Gasteiger partial charge in [0, 0.05) is 35.2 Å². The number of aromatic nitrogens is 2. The van der Waals surface area contributed by atoms with Crippen molar-refractivity contribution in [1.82, 2.24) is 14.5 Å². The maximum atomic E-state index is 13.6. The molecule has 2 aromatic heterocycles. The molecule has 0 spiro atoms. The summed E-state index contributed by atoms with van der Waals surface area (Å²) >= 11 is 0. The fourth-order valence-electron chi connectivity index (χ4n) is 5.18. The minimum atomic E-state index is -1.84. The van der Waals surface area contributed by atoms with E-state index in [0.717, 1.165) is 33.5 Å². The Morgan fingerprint density at radius 3 is 2.62 bits per heavy atom. The van der Waals surface area contributed by atoms with E-state index in [9.17, 15) is 24.0 Å². The molecule has 37 heavy (non-hydrogen) atoms. The number of amides is 2. The van der Waals surface area contributed by atoms with Gasteiger partial charge in [-0.2, -0.15) is 0 Å². The summed E-state index contributed by atoms with van der Waals surface area (Å²) in [5, 5.41) is 0.951. The molecule has 186 valence electrons. The van der Waals surface area contributed by atoms with E-state index in [1.807, 2.05) is 30.3 Å². The summed E-state index contributed by atoms with van der Waals surface area (Å²) in [6.07, 6.45) is 1.95. The summed E-state index contributed by atoms with van der Waals surface area (Å²) < 4.78 is 12.6. The SMILES string of the molecule is CC[C@@]1(OC(=O)CCN2C(=O)C=CC2=O)C(=O)OCc2c1cc1n(c2=O)Cc2cc3ccccc3nc2-1. The lowest BCUT2D eigenvalue weighted by Gasteiger charge is -2.35. The van der Waals surface area contributed by atoms with Crippen molar-refractivity contribution >= 4 is 34.7 Å². The lowest BCUT2D eigenvalue weighted by molar-refractivity contribution is -0.189. The van der Waals surface area contributed by atoms with Crippen LogP contribution in [-0.2, 0) is 47.4 Å². The molecule has 0 N–H and O–H groups in total. The van der Waals surface area contributed by atoms with Crippen molar-refractivity contribution < 1.29 is 28.7 Å². The molecular weight excluding hydrogens is 478 g/mol. The maximum Gasteiger partial charge on any atom is 0.355 e. The van der Waals surface area contributed by atoms with Crippen molar-refractivity contribution in [1.29, 1.82) is 0 Å². The van der Waals surface area contributed by atoms with Crippen LogP contribution in [0.5, 0.6) is 0 Å².